The molecule has 0 aliphatic heterocycles. The smallest absolute Gasteiger partial charge is 0.141 e. The topological polar surface area (TPSA) is 33.1 Å². The third-order valence-electron chi connectivity index (χ3n) is 4.98. The van der Waals surface area contributed by atoms with Crippen molar-refractivity contribution < 1.29 is 5.11 Å². The number of hydrogen-bond acceptors (Lipinski definition) is 2. The molecule has 2 bridgehead atoms. The van der Waals surface area contributed by atoms with Crippen molar-refractivity contribution in [3.8, 4) is 5.75 Å². The number of para-hydroxylation sites is 1. The van der Waals surface area contributed by atoms with Gasteiger partial charge in [0.1, 0.15) is 11.3 Å². The third kappa shape index (κ3) is 1.32. The summed E-state index contributed by atoms with van der Waals surface area (Å²) in [5.74, 6) is 1.23. The highest BCUT2D eigenvalue weighted by Gasteiger charge is 2.46. The first kappa shape index (κ1) is 10.4. The van der Waals surface area contributed by atoms with Crippen molar-refractivity contribution in [2.75, 3.05) is 0 Å². The zero-order chi connectivity index (χ0) is 12.2. The summed E-state index contributed by atoms with van der Waals surface area (Å²) in [6.45, 7) is 0. The average molecular weight is 239 g/mol. The molecule has 92 valence electrons. The van der Waals surface area contributed by atoms with Gasteiger partial charge in [-0.05, 0) is 50.2 Å². The van der Waals surface area contributed by atoms with Crippen LogP contribution in [-0.2, 0) is 5.41 Å². The summed E-state index contributed by atoms with van der Waals surface area (Å²) in [5, 5.41) is 11.0. The van der Waals surface area contributed by atoms with Crippen molar-refractivity contribution in [1.29, 1.82) is 0 Å². The standard InChI is InChI=1S/C16H17NO/c18-13-3-1-2-12-4-5-14(17-15(12)13)16-8-6-11(10-16)7-9-16/h1-5,11,18H,6-10H2. The quantitative estimate of drug-likeness (QED) is 0.821. The molecule has 0 amide bonds. The lowest BCUT2D eigenvalue weighted by Crippen LogP contribution is -2.21. The van der Waals surface area contributed by atoms with E-state index in [1.165, 1.54) is 37.8 Å². The molecule has 2 fully saturated rings. The van der Waals surface area contributed by atoms with E-state index in [1.54, 1.807) is 6.07 Å². The van der Waals surface area contributed by atoms with E-state index in [2.05, 4.69) is 12.1 Å². The molecule has 1 N–H and O–H groups in total. The Labute approximate surface area is 107 Å². The number of hydrogen-bond donors (Lipinski definition) is 1. The predicted octanol–water partition coefficient (Wildman–Crippen LogP) is 3.77. The molecule has 0 atom stereocenters. The van der Waals surface area contributed by atoms with Crippen LogP contribution in [0.4, 0.5) is 0 Å². The maximum Gasteiger partial charge on any atom is 0.141 e. The second kappa shape index (κ2) is 3.47. The molecule has 0 saturated heterocycles. The first-order valence-corrected chi connectivity index (χ1v) is 6.86. The van der Waals surface area contributed by atoms with Crippen molar-refractivity contribution in [3.63, 3.8) is 0 Å². The number of benzene rings is 1. The van der Waals surface area contributed by atoms with Crippen LogP contribution in [0.5, 0.6) is 5.75 Å². The van der Waals surface area contributed by atoms with E-state index in [0.717, 1.165) is 16.8 Å². The molecule has 0 radical (unpaired) electrons. The molecule has 2 saturated carbocycles. The summed E-state index contributed by atoms with van der Waals surface area (Å²) in [6.07, 6.45) is 6.59. The summed E-state index contributed by atoms with van der Waals surface area (Å²) in [4.78, 5) is 4.78. The van der Waals surface area contributed by atoms with E-state index in [4.69, 9.17) is 4.98 Å². The largest absolute Gasteiger partial charge is 0.506 e. The summed E-state index contributed by atoms with van der Waals surface area (Å²) in [7, 11) is 0. The van der Waals surface area contributed by atoms with Gasteiger partial charge in [0.15, 0.2) is 0 Å². The van der Waals surface area contributed by atoms with Gasteiger partial charge in [-0.3, -0.25) is 0 Å². The number of phenols is 1. The van der Waals surface area contributed by atoms with Gasteiger partial charge in [-0.25, -0.2) is 4.98 Å². The first-order chi connectivity index (χ1) is 8.77. The fraction of sp³-hybridized carbons (Fsp3) is 0.438. The number of aromatic hydroxyl groups is 1. The van der Waals surface area contributed by atoms with Crippen LogP contribution in [-0.4, -0.2) is 10.1 Å². The van der Waals surface area contributed by atoms with E-state index >= 15 is 0 Å². The van der Waals surface area contributed by atoms with Gasteiger partial charge in [0.05, 0.1) is 0 Å². The first-order valence-electron chi connectivity index (χ1n) is 6.86. The Balaban J connectivity index is 1.89. The average Bonchev–Trinajstić information content (AvgIpc) is 3.00. The molecule has 2 aliphatic carbocycles. The summed E-state index contributed by atoms with van der Waals surface area (Å²) < 4.78 is 0. The SMILES string of the molecule is Oc1cccc2ccc(C34CCC(CC3)C4)nc12. The lowest BCUT2D eigenvalue weighted by Gasteiger charge is -2.26. The molecule has 2 nitrogen and oxygen atoms in total. The molecule has 1 aromatic carbocycles. The van der Waals surface area contributed by atoms with Crippen LogP contribution in [0.2, 0.25) is 0 Å². The van der Waals surface area contributed by atoms with E-state index < -0.39 is 0 Å². The molecule has 1 heterocycles. The van der Waals surface area contributed by atoms with E-state index in [-0.39, 0.29) is 0 Å². The van der Waals surface area contributed by atoms with E-state index in [1.807, 2.05) is 12.1 Å². The number of nitrogens with zero attached hydrogens (tertiary/aromatic N) is 1. The fourth-order valence-corrected chi connectivity index (χ4v) is 3.98. The van der Waals surface area contributed by atoms with Crippen LogP contribution >= 0.6 is 0 Å². The van der Waals surface area contributed by atoms with Crippen LogP contribution in [0.25, 0.3) is 10.9 Å². The molecular weight excluding hydrogens is 222 g/mol. The van der Waals surface area contributed by atoms with Gasteiger partial charge in [-0.15, -0.1) is 0 Å². The Morgan fingerprint density at radius 1 is 1.11 bits per heavy atom. The minimum Gasteiger partial charge on any atom is -0.506 e. The van der Waals surface area contributed by atoms with Gasteiger partial charge in [-0.2, -0.15) is 0 Å². The molecule has 18 heavy (non-hydrogen) atoms. The zero-order valence-electron chi connectivity index (χ0n) is 10.4. The fourth-order valence-electron chi connectivity index (χ4n) is 3.98. The molecule has 2 heteroatoms. The van der Waals surface area contributed by atoms with Crippen LogP contribution < -0.4 is 0 Å². The molecule has 4 rings (SSSR count). The maximum atomic E-state index is 9.94. The van der Waals surface area contributed by atoms with Crippen LogP contribution in [0.3, 0.4) is 0 Å². The Morgan fingerprint density at radius 2 is 1.94 bits per heavy atom. The third-order valence-corrected chi connectivity index (χ3v) is 4.98. The minimum atomic E-state index is 0.304. The second-order valence-electron chi connectivity index (χ2n) is 5.97. The molecule has 0 spiro atoms. The van der Waals surface area contributed by atoms with Gasteiger partial charge >= 0.3 is 0 Å². The zero-order valence-corrected chi connectivity index (χ0v) is 10.4. The summed E-state index contributed by atoms with van der Waals surface area (Å²) in [5.41, 5.74) is 2.29. The van der Waals surface area contributed by atoms with Crippen LogP contribution in [0.1, 0.15) is 37.8 Å². The lowest BCUT2D eigenvalue weighted by atomic mass is 9.80. The highest BCUT2D eigenvalue weighted by molar-refractivity contribution is 5.84. The Morgan fingerprint density at radius 3 is 2.67 bits per heavy atom. The number of phenolic OH excluding ortho intramolecular Hbond substituents is 1. The van der Waals surface area contributed by atoms with Gasteiger partial charge in [-0.1, -0.05) is 18.2 Å². The van der Waals surface area contributed by atoms with Gasteiger partial charge in [0.25, 0.3) is 0 Å². The second-order valence-corrected chi connectivity index (χ2v) is 5.97. The Bertz CT molecular complexity index is 612. The number of aromatic nitrogens is 1. The van der Waals surface area contributed by atoms with E-state index in [0.29, 0.717) is 11.2 Å². The van der Waals surface area contributed by atoms with Crippen molar-refractivity contribution in [2.45, 2.75) is 37.5 Å². The van der Waals surface area contributed by atoms with Gasteiger partial charge < -0.3 is 5.11 Å². The van der Waals surface area contributed by atoms with Crippen LogP contribution in [0, 0.1) is 5.92 Å². The molecular formula is C16H17NO. The van der Waals surface area contributed by atoms with Crippen molar-refractivity contribution in [3.05, 3.63) is 36.0 Å². The molecule has 2 aromatic rings. The van der Waals surface area contributed by atoms with E-state index in [9.17, 15) is 5.11 Å². The number of rotatable bonds is 1. The highest BCUT2D eigenvalue weighted by Crippen LogP contribution is 2.55. The number of pyridine rings is 1. The monoisotopic (exact) mass is 239 g/mol. The molecule has 2 aliphatic rings. The Kier molecular flexibility index (Phi) is 2.00. The predicted molar refractivity (Wildman–Crippen MR) is 71.7 cm³/mol. The molecule has 1 aromatic heterocycles. The lowest BCUT2D eigenvalue weighted by molar-refractivity contribution is 0.409. The van der Waals surface area contributed by atoms with Crippen molar-refractivity contribution >= 4 is 10.9 Å². The van der Waals surface area contributed by atoms with Crippen molar-refractivity contribution in [1.82, 2.24) is 4.98 Å². The van der Waals surface area contributed by atoms with Gasteiger partial charge in [0.2, 0.25) is 0 Å². The van der Waals surface area contributed by atoms with Gasteiger partial charge in [0, 0.05) is 16.5 Å². The molecule has 0 unspecified atom stereocenters. The maximum absolute atomic E-state index is 9.94. The Hall–Kier alpha value is -1.57. The van der Waals surface area contributed by atoms with Crippen LogP contribution in [0.15, 0.2) is 30.3 Å². The normalized spacial score (nSPS) is 30.1. The van der Waals surface area contributed by atoms with Crippen molar-refractivity contribution in [2.24, 2.45) is 5.92 Å². The number of fused-ring (bicyclic) bond motifs is 3. The summed E-state index contributed by atoms with van der Waals surface area (Å²) in [6, 6.07) is 9.89. The minimum absolute atomic E-state index is 0.304. The summed E-state index contributed by atoms with van der Waals surface area (Å²) >= 11 is 0. The highest BCUT2D eigenvalue weighted by atomic mass is 16.3.